The van der Waals surface area contributed by atoms with Gasteiger partial charge in [0.15, 0.2) is 0 Å². The first-order valence-electron chi connectivity index (χ1n) is 3.36. The van der Waals surface area contributed by atoms with Gasteiger partial charge in [-0.25, -0.2) is 0 Å². The lowest BCUT2D eigenvalue weighted by atomic mass is 10.2. The number of rotatable bonds is 1. The maximum atomic E-state index is 10.4. The minimum absolute atomic E-state index is 0.139. The molecule has 0 aromatic rings. The maximum absolute atomic E-state index is 10.4. The van der Waals surface area contributed by atoms with Crippen LogP contribution >= 0.6 is 23.2 Å². The summed E-state index contributed by atoms with van der Waals surface area (Å²) in [6.07, 6.45) is 1.57. The second-order valence-electron chi connectivity index (χ2n) is 2.14. The number of halogens is 2. The Labute approximate surface area is 76.2 Å². The largest absolute Gasteiger partial charge is 0.352 e. The van der Waals surface area contributed by atoms with Crippen molar-refractivity contribution in [3.63, 3.8) is 0 Å². The predicted octanol–water partition coefficient (Wildman–Crippen LogP) is 0.645. The van der Waals surface area contributed by atoms with Crippen LogP contribution in [0, 0.1) is 0 Å². The third-order valence-corrected chi connectivity index (χ3v) is 1.37. The summed E-state index contributed by atoms with van der Waals surface area (Å²) < 4.78 is 0. The first-order valence-corrected chi connectivity index (χ1v) is 4.42. The first kappa shape index (κ1) is 11.0. The second kappa shape index (κ2) is 6.70. The summed E-state index contributed by atoms with van der Waals surface area (Å²) in [5.41, 5.74) is 5.28. The molecule has 1 amide bonds. The van der Waals surface area contributed by atoms with Crippen molar-refractivity contribution in [2.24, 2.45) is 5.73 Å². The minimum atomic E-state index is 0.139. The number of alkyl halides is 2. The lowest BCUT2D eigenvalue weighted by molar-refractivity contribution is -0.119. The monoisotopic (exact) mass is 198 g/mol. The second-order valence-corrected chi connectivity index (χ2v) is 2.95. The molecular formula is C6H12Cl2N2O. The number of amides is 1. The van der Waals surface area contributed by atoms with Gasteiger partial charge in [0.05, 0.1) is 5.34 Å². The summed E-state index contributed by atoms with van der Waals surface area (Å²) in [4.78, 5) is 10.4. The summed E-state index contributed by atoms with van der Waals surface area (Å²) in [5, 5.41) is 2.93. The van der Waals surface area contributed by atoms with Gasteiger partial charge in [-0.15, -0.1) is 23.2 Å². The Balaban J connectivity index is 0.000000292. The Bertz CT molecular complexity index is 121. The van der Waals surface area contributed by atoms with Crippen LogP contribution in [-0.2, 0) is 4.79 Å². The Hall–Kier alpha value is 0.01000. The van der Waals surface area contributed by atoms with Crippen LogP contribution in [-0.4, -0.2) is 23.8 Å². The van der Waals surface area contributed by atoms with E-state index in [0.29, 0.717) is 13.0 Å². The van der Waals surface area contributed by atoms with Crippen LogP contribution in [0.1, 0.15) is 12.8 Å². The number of hydrogen-bond acceptors (Lipinski definition) is 2. The van der Waals surface area contributed by atoms with Crippen LogP contribution in [0.2, 0.25) is 0 Å². The molecule has 0 aromatic carbocycles. The van der Waals surface area contributed by atoms with Gasteiger partial charge in [-0.2, -0.15) is 0 Å². The molecule has 0 aromatic heterocycles. The van der Waals surface area contributed by atoms with Gasteiger partial charge in [0, 0.05) is 19.0 Å². The Morgan fingerprint density at radius 3 is 2.36 bits per heavy atom. The molecule has 1 fully saturated rings. The number of nitrogens with two attached hydrogens (primary N) is 1. The molecule has 0 saturated carbocycles. The van der Waals surface area contributed by atoms with E-state index in [1.165, 1.54) is 0 Å². The quantitative estimate of drug-likeness (QED) is 0.609. The van der Waals surface area contributed by atoms with E-state index in [9.17, 15) is 4.79 Å². The standard InChI is InChI=1S/C5H10N2O.CH2Cl2/c6-3-4-1-2-5(8)7-4;2-1-3/h4H,1-3,6H2,(H,7,8);1H2/t4-;/m0./s1. The Morgan fingerprint density at radius 2 is 2.18 bits per heavy atom. The molecule has 66 valence electrons. The van der Waals surface area contributed by atoms with E-state index in [-0.39, 0.29) is 17.3 Å². The van der Waals surface area contributed by atoms with Crippen molar-refractivity contribution in [1.29, 1.82) is 0 Å². The molecule has 1 aliphatic heterocycles. The van der Waals surface area contributed by atoms with Crippen LogP contribution in [0.25, 0.3) is 0 Å². The molecule has 0 bridgehead atoms. The summed E-state index contributed by atoms with van der Waals surface area (Å²) >= 11 is 9.53. The van der Waals surface area contributed by atoms with Crippen LogP contribution in [0.3, 0.4) is 0 Å². The summed E-state index contributed by atoms with van der Waals surface area (Å²) in [6, 6.07) is 0.252. The zero-order chi connectivity index (χ0) is 8.69. The molecule has 3 nitrogen and oxygen atoms in total. The summed E-state index contributed by atoms with van der Waals surface area (Å²) in [6.45, 7) is 0.575. The average Bonchev–Trinajstić information content (AvgIpc) is 2.37. The van der Waals surface area contributed by atoms with E-state index in [2.05, 4.69) is 5.32 Å². The van der Waals surface area contributed by atoms with Crippen LogP contribution in [0.15, 0.2) is 0 Å². The number of nitrogens with one attached hydrogen (secondary N) is 1. The normalized spacial score (nSPS) is 22.1. The molecule has 0 radical (unpaired) electrons. The van der Waals surface area contributed by atoms with Crippen molar-refractivity contribution in [1.82, 2.24) is 5.32 Å². The average molecular weight is 199 g/mol. The lowest BCUT2D eigenvalue weighted by Gasteiger charge is -2.02. The van der Waals surface area contributed by atoms with Crippen LogP contribution in [0.4, 0.5) is 0 Å². The molecule has 1 saturated heterocycles. The van der Waals surface area contributed by atoms with Gasteiger partial charge < -0.3 is 11.1 Å². The van der Waals surface area contributed by atoms with Gasteiger partial charge in [0.1, 0.15) is 0 Å². The third-order valence-electron chi connectivity index (χ3n) is 1.37. The van der Waals surface area contributed by atoms with Gasteiger partial charge in [0.25, 0.3) is 0 Å². The van der Waals surface area contributed by atoms with Crippen molar-refractivity contribution in [2.75, 3.05) is 11.9 Å². The van der Waals surface area contributed by atoms with E-state index < -0.39 is 0 Å². The lowest BCUT2D eigenvalue weighted by Crippen LogP contribution is -2.32. The highest BCUT2D eigenvalue weighted by Gasteiger charge is 2.17. The fourth-order valence-electron chi connectivity index (χ4n) is 0.854. The van der Waals surface area contributed by atoms with Gasteiger partial charge in [-0.3, -0.25) is 4.79 Å². The SMILES string of the molecule is ClCCl.NC[C@@H]1CCC(=O)N1. The highest BCUT2D eigenvalue weighted by Crippen LogP contribution is 2.03. The fraction of sp³-hybridized carbons (Fsp3) is 0.833. The molecule has 1 heterocycles. The highest BCUT2D eigenvalue weighted by molar-refractivity contribution is 6.40. The maximum Gasteiger partial charge on any atom is 0.220 e. The van der Waals surface area contributed by atoms with E-state index in [1.807, 2.05) is 0 Å². The van der Waals surface area contributed by atoms with Crippen LogP contribution in [0.5, 0.6) is 0 Å². The molecule has 1 rings (SSSR count). The van der Waals surface area contributed by atoms with Crippen molar-refractivity contribution < 1.29 is 4.79 Å². The molecule has 0 spiro atoms. The molecular weight excluding hydrogens is 187 g/mol. The molecule has 1 aliphatic rings. The number of carbonyl (C=O) groups is 1. The summed E-state index contributed by atoms with van der Waals surface area (Å²) in [7, 11) is 0. The highest BCUT2D eigenvalue weighted by atomic mass is 35.5. The van der Waals surface area contributed by atoms with E-state index in [0.717, 1.165) is 6.42 Å². The molecule has 5 heteroatoms. The van der Waals surface area contributed by atoms with E-state index >= 15 is 0 Å². The zero-order valence-electron chi connectivity index (χ0n) is 6.15. The van der Waals surface area contributed by atoms with Gasteiger partial charge in [-0.1, -0.05) is 0 Å². The van der Waals surface area contributed by atoms with E-state index in [1.54, 1.807) is 0 Å². The fourth-order valence-corrected chi connectivity index (χ4v) is 0.854. The molecule has 11 heavy (non-hydrogen) atoms. The molecule has 3 N–H and O–H groups in total. The first-order chi connectivity index (χ1) is 5.24. The molecule has 1 atom stereocenters. The van der Waals surface area contributed by atoms with Gasteiger partial charge in [0.2, 0.25) is 5.91 Å². The third kappa shape index (κ3) is 5.30. The minimum Gasteiger partial charge on any atom is -0.352 e. The number of hydrogen-bond donors (Lipinski definition) is 2. The van der Waals surface area contributed by atoms with Gasteiger partial charge in [-0.05, 0) is 6.42 Å². The topological polar surface area (TPSA) is 55.1 Å². The molecule has 0 aliphatic carbocycles. The molecule has 0 unspecified atom stereocenters. The Morgan fingerprint density at radius 1 is 1.64 bits per heavy atom. The van der Waals surface area contributed by atoms with E-state index in [4.69, 9.17) is 28.9 Å². The van der Waals surface area contributed by atoms with Crippen molar-refractivity contribution in [3.05, 3.63) is 0 Å². The number of carbonyl (C=O) groups excluding carboxylic acids is 1. The van der Waals surface area contributed by atoms with Gasteiger partial charge >= 0.3 is 0 Å². The smallest absolute Gasteiger partial charge is 0.220 e. The summed E-state index contributed by atoms with van der Waals surface area (Å²) in [5.74, 6) is 0.139. The van der Waals surface area contributed by atoms with Crippen LogP contribution < -0.4 is 11.1 Å². The predicted molar refractivity (Wildman–Crippen MR) is 46.8 cm³/mol. The zero-order valence-corrected chi connectivity index (χ0v) is 7.66. The van der Waals surface area contributed by atoms with Crippen molar-refractivity contribution in [2.45, 2.75) is 18.9 Å². The van der Waals surface area contributed by atoms with Crippen molar-refractivity contribution in [3.8, 4) is 0 Å². The van der Waals surface area contributed by atoms with Crippen molar-refractivity contribution >= 4 is 29.1 Å². The Kier molecular flexibility index (Phi) is 6.71.